The van der Waals surface area contributed by atoms with Gasteiger partial charge in [0.05, 0.1) is 5.52 Å². The van der Waals surface area contributed by atoms with E-state index in [0.29, 0.717) is 24.0 Å². The number of amides is 2. The Morgan fingerprint density at radius 3 is 2.50 bits per heavy atom. The van der Waals surface area contributed by atoms with E-state index in [2.05, 4.69) is 21.7 Å². The second-order valence-corrected chi connectivity index (χ2v) is 10.3. The first kappa shape index (κ1) is 26.9. The van der Waals surface area contributed by atoms with Crippen LogP contribution in [0.5, 0.6) is 5.75 Å². The van der Waals surface area contributed by atoms with Crippen LogP contribution in [0.1, 0.15) is 49.9 Å². The largest absolute Gasteiger partial charge is 0.508 e. The predicted molar refractivity (Wildman–Crippen MR) is 147 cm³/mol. The van der Waals surface area contributed by atoms with Crippen LogP contribution in [0.2, 0.25) is 0 Å². The molecule has 0 saturated heterocycles. The van der Waals surface area contributed by atoms with Crippen LogP contribution in [0, 0.1) is 6.92 Å². The quantitative estimate of drug-likeness (QED) is 0.324. The zero-order valence-corrected chi connectivity index (χ0v) is 22.4. The highest BCUT2D eigenvalue weighted by Crippen LogP contribution is 2.26. The number of nitrogens with one attached hydrogen (secondary N) is 1. The number of benzene rings is 3. The number of carbonyl (C=O) groups is 2. The highest BCUT2D eigenvalue weighted by atomic mass is 16.3. The van der Waals surface area contributed by atoms with Crippen molar-refractivity contribution in [1.29, 1.82) is 0 Å². The number of phenolic OH excluding ortho intramolecular Hbond substituents is 1. The van der Waals surface area contributed by atoms with Gasteiger partial charge in [-0.25, -0.2) is 4.68 Å². The molecule has 1 heterocycles. The SMILES string of the molecule is CCC(C)(C)NC(=O)[C@H](c1ccc(O)cc1)N(CCc1cccc(C)c1)C(=O)Cn1nnc2ccccc21. The highest BCUT2D eigenvalue weighted by molar-refractivity contribution is 5.89. The number of fused-ring (bicyclic) bond motifs is 1. The first-order valence-electron chi connectivity index (χ1n) is 12.9. The summed E-state index contributed by atoms with van der Waals surface area (Å²) in [4.78, 5) is 29.4. The maximum Gasteiger partial charge on any atom is 0.247 e. The lowest BCUT2D eigenvalue weighted by Crippen LogP contribution is -2.51. The number of para-hydroxylation sites is 1. The minimum atomic E-state index is -0.895. The van der Waals surface area contributed by atoms with Gasteiger partial charge in [-0.1, -0.05) is 66.2 Å². The van der Waals surface area contributed by atoms with Crippen molar-refractivity contribution in [3.8, 4) is 5.75 Å². The molecule has 0 fully saturated rings. The second kappa shape index (κ2) is 11.5. The van der Waals surface area contributed by atoms with Crippen molar-refractivity contribution < 1.29 is 14.7 Å². The smallest absolute Gasteiger partial charge is 0.247 e. The lowest BCUT2D eigenvalue weighted by molar-refractivity contribution is -0.142. The summed E-state index contributed by atoms with van der Waals surface area (Å²) in [5, 5.41) is 21.4. The number of aromatic nitrogens is 3. The van der Waals surface area contributed by atoms with Gasteiger partial charge < -0.3 is 15.3 Å². The Bertz CT molecular complexity index is 1410. The number of nitrogens with zero attached hydrogens (tertiary/aromatic N) is 4. The number of rotatable bonds is 10. The van der Waals surface area contributed by atoms with Gasteiger partial charge >= 0.3 is 0 Å². The van der Waals surface area contributed by atoms with Gasteiger partial charge in [-0.05, 0) is 69.0 Å². The molecule has 0 bridgehead atoms. The van der Waals surface area contributed by atoms with Gasteiger partial charge in [-0.3, -0.25) is 9.59 Å². The Labute approximate surface area is 223 Å². The number of hydrogen-bond donors (Lipinski definition) is 2. The average molecular weight is 514 g/mol. The van der Waals surface area contributed by atoms with Crippen molar-refractivity contribution in [2.75, 3.05) is 6.54 Å². The second-order valence-electron chi connectivity index (χ2n) is 10.3. The molecule has 8 nitrogen and oxygen atoms in total. The van der Waals surface area contributed by atoms with Crippen LogP contribution in [0.4, 0.5) is 0 Å². The summed E-state index contributed by atoms with van der Waals surface area (Å²) in [5.41, 5.74) is 3.81. The molecule has 38 heavy (non-hydrogen) atoms. The fourth-order valence-electron chi connectivity index (χ4n) is 4.39. The molecule has 0 unspecified atom stereocenters. The molecule has 2 amide bonds. The maximum absolute atomic E-state index is 14.0. The summed E-state index contributed by atoms with van der Waals surface area (Å²) in [6, 6.07) is 21.2. The molecule has 1 atom stereocenters. The molecule has 0 radical (unpaired) electrons. The van der Waals surface area contributed by atoms with Crippen LogP contribution >= 0.6 is 0 Å². The van der Waals surface area contributed by atoms with Crippen molar-refractivity contribution in [2.24, 2.45) is 0 Å². The molecule has 4 aromatic rings. The first-order chi connectivity index (χ1) is 18.2. The van der Waals surface area contributed by atoms with Gasteiger partial charge in [0.1, 0.15) is 23.9 Å². The lowest BCUT2D eigenvalue weighted by atomic mass is 9.98. The van der Waals surface area contributed by atoms with E-state index in [4.69, 9.17) is 0 Å². The van der Waals surface area contributed by atoms with Gasteiger partial charge in [0, 0.05) is 12.1 Å². The standard InChI is InChI=1S/C30H35N5O3/c1-5-30(3,4)31-29(38)28(23-13-15-24(36)16-14-23)34(18-17-22-10-8-9-21(2)19-22)27(37)20-35-26-12-7-6-11-25(26)32-33-35/h6-16,19,28,36H,5,17-18,20H2,1-4H3,(H,31,38)/t28-/m0/s1. The molecule has 3 aromatic carbocycles. The Balaban J connectivity index is 1.72. The van der Waals surface area contributed by atoms with Gasteiger partial charge in [0.2, 0.25) is 11.8 Å². The van der Waals surface area contributed by atoms with E-state index in [9.17, 15) is 14.7 Å². The first-order valence-corrected chi connectivity index (χ1v) is 12.9. The van der Waals surface area contributed by atoms with Crippen molar-refractivity contribution in [3.63, 3.8) is 0 Å². The van der Waals surface area contributed by atoms with Crippen LogP contribution < -0.4 is 5.32 Å². The Morgan fingerprint density at radius 2 is 1.79 bits per heavy atom. The third-order valence-electron chi connectivity index (χ3n) is 6.86. The summed E-state index contributed by atoms with van der Waals surface area (Å²) in [6.07, 6.45) is 1.30. The van der Waals surface area contributed by atoms with Crippen molar-refractivity contribution in [2.45, 2.75) is 58.7 Å². The number of aryl methyl sites for hydroxylation is 1. The number of carbonyl (C=O) groups excluding carboxylic acids is 2. The Hall–Kier alpha value is -4.20. The fourth-order valence-corrected chi connectivity index (χ4v) is 4.39. The zero-order valence-electron chi connectivity index (χ0n) is 22.4. The topological polar surface area (TPSA) is 100 Å². The molecule has 2 N–H and O–H groups in total. The van der Waals surface area contributed by atoms with E-state index < -0.39 is 11.6 Å². The third-order valence-corrected chi connectivity index (χ3v) is 6.86. The third kappa shape index (κ3) is 6.37. The molecule has 0 aliphatic rings. The summed E-state index contributed by atoms with van der Waals surface area (Å²) in [7, 11) is 0. The predicted octanol–water partition coefficient (Wildman–Crippen LogP) is 4.56. The van der Waals surface area contributed by atoms with E-state index in [-0.39, 0.29) is 24.1 Å². The van der Waals surface area contributed by atoms with E-state index in [0.717, 1.165) is 23.1 Å². The van der Waals surface area contributed by atoms with Gasteiger partial charge in [-0.15, -0.1) is 5.10 Å². The summed E-state index contributed by atoms with van der Waals surface area (Å²) >= 11 is 0. The summed E-state index contributed by atoms with van der Waals surface area (Å²) < 4.78 is 1.57. The molecule has 0 spiro atoms. The molecule has 1 aromatic heterocycles. The van der Waals surface area contributed by atoms with Crippen molar-refractivity contribution >= 4 is 22.8 Å². The summed E-state index contributed by atoms with van der Waals surface area (Å²) in [6.45, 7) is 8.21. The van der Waals surface area contributed by atoms with Crippen molar-refractivity contribution in [1.82, 2.24) is 25.2 Å². The van der Waals surface area contributed by atoms with E-state index in [1.807, 2.05) is 70.2 Å². The maximum atomic E-state index is 14.0. The number of aromatic hydroxyl groups is 1. The molecule has 0 saturated carbocycles. The molecular weight excluding hydrogens is 478 g/mol. The van der Waals surface area contributed by atoms with Crippen LogP contribution in [0.15, 0.2) is 72.8 Å². The summed E-state index contributed by atoms with van der Waals surface area (Å²) in [5.74, 6) is -0.437. The van der Waals surface area contributed by atoms with Crippen LogP contribution in [0.25, 0.3) is 11.0 Å². The van der Waals surface area contributed by atoms with E-state index >= 15 is 0 Å². The van der Waals surface area contributed by atoms with Crippen LogP contribution in [0.3, 0.4) is 0 Å². The van der Waals surface area contributed by atoms with Gasteiger partial charge in [0.15, 0.2) is 0 Å². The Kier molecular flexibility index (Phi) is 8.10. The lowest BCUT2D eigenvalue weighted by Gasteiger charge is -2.34. The molecule has 0 aliphatic carbocycles. The molecule has 8 heteroatoms. The van der Waals surface area contributed by atoms with Gasteiger partial charge in [-0.2, -0.15) is 0 Å². The molecule has 0 aliphatic heterocycles. The molecule has 4 rings (SSSR count). The average Bonchev–Trinajstić information content (AvgIpc) is 3.29. The molecular formula is C30H35N5O3. The fraction of sp³-hybridized carbons (Fsp3) is 0.333. The van der Waals surface area contributed by atoms with Crippen molar-refractivity contribution in [3.05, 3.63) is 89.5 Å². The zero-order chi connectivity index (χ0) is 27.3. The van der Waals surface area contributed by atoms with E-state index in [1.165, 1.54) is 12.1 Å². The number of phenols is 1. The Morgan fingerprint density at radius 1 is 1.05 bits per heavy atom. The minimum absolute atomic E-state index is 0.0621. The van der Waals surface area contributed by atoms with Gasteiger partial charge in [0.25, 0.3) is 0 Å². The van der Waals surface area contributed by atoms with E-state index in [1.54, 1.807) is 21.7 Å². The normalized spacial score (nSPS) is 12.3. The minimum Gasteiger partial charge on any atom is -0.508 e. The van der Waals surface area contributed by atoms with Crippen LogP contribution in [-0.4, -0.2) is 48.9 Å². The monoisotopic (exact) mass is 513 g/mol. The highest BCUT2D eigenvalue weighted by Gasteiger charge is 2.34. The number of hydrogen-bond acceptors (Lipinski definition) is 5. The molecule has 198 valence electrons. The van der Waals surface area contributed by atoms with Crippen LogP contribution in [-0.2, 0) is 22.6 Å².